The fourth-order valence-corrected chi connectivity index (χ4v) is 4.56. The Morgan fingerprint density at radius 1 is 0.689 bits per heavy atom. The highest BCUT2D eigenvalue weighted by molar-refractivity contribution is 5.93. The first-order valence-electron chi connectivity index (χ1n) is 15.5. The topological polar surface area (TPSA) is 132 Å². The molecule has 0 aliphatic rings. The van der Waals surface area contributed by atoms with Gasteiger partial charge in [0.2, 0.25) is 11.8 Å². The van der Waals surface area contributed by atoms with Gasteiger partial charge in [-0.3, -0.25) is 9.59 Å². The summed E-state index contributed by atoms with van der Waals surface area (Å²) in [6.45, 7) is 16.3. The molecule has 248 valence electrons. The molecule has 0 radical (unpaired) electrons. The van der Waals surface area contributed by atoms with E-state index < -0.39 is 59.3 Å². The van der Waals surface area contributed by atoms with Crippen molar-refractivity contribution in [3.05, 3.63) is 71.8 Å². The summed E-state index contributed by atoms with van der Waals surface area (Å²) in [5.74, 6) is -1.77. The Morgan fingerprint density at radius 2 is 1.24 bits per heavy atom. The van der Waals surface area contributed by atoms with Gasteiger partial charge in [-0.05, 0) is 71.9 Å². The van der Waals surface area contributed by atoms with E-state index in [4.69, 9.17) is 14.2 Å². The maximum atomic E-state index is 13.9. The van der Waals surface area contributed by atoms with Crippen LogP contribution in [0.3, 0.4) is 0 Å². The number of alkyl carbamates (subject to hydrolysis) is 1. The van der Waals surface area contributed by atoms with E-state index >= 15 is 0 Å². The molecule has 0 aliphatic carbocycles. The average molecular weight is 626 g/mol. The number of nitrogens with one attached hydrogen (secondary N) is 3. The molecule has 0 aliphatic heterocycles. The minimum absolute atomic E-state index is 0.0353. The molecular formula is C35H51N3O7. The maximum Gasteiger partial charge on any atom is 0.408 e. The SMILES string of the molecule is CC(C)C[C@H](NC(=O)OCc1ccccc1)C(=O)N[C@H](C(=O)N[C@@H](Cc1ccccc1)C(=O)OC(C)(C)C)[C@@H](C)OC(C)(C)C. The lowest BCUT2D eigenvalue weighted by molar-refractivity contribution is -0.159. The molecule has 2 rings (SSSR count). The summed E-state index contributed by atoms with van der Waals surface area (Å²) < 4.78 is 17.1. The Labute approximate surface area is 268 Å². The third-order valence-electron chi connectivity index (χ3n) is 6.41. The highest BCUT2D eigenvalue weighted by Crippen LogP contribution is 2.16. The minimum Gasteiger partial charge on any atom is -0.458 e. The molecule has 3 N–H and O–H groups in total. The lowest BCUT2D eigenvalue weighted by Gasteiger charge is -2.33. The Kier molecular flexibility index (Phi) is 14.0. The van der Waals surface area contributed by atoms with E-state index in [1.807, 2.05) is 95.3 Å². The minimum atomic E-state index is -1.20. The number of rotatable bonds is 14. The van der Waals surface area contributed by atoms with E-state index in [1.54, 1.807) is 27.7 Å². The molecule has 0 fully saturated rings. The maximum absolute atomic E-state index is 13.9. The molecule has 0 saturated carbocycles. The number of esters is 1. The van der Waals surface area contributed by atoms with Crippen molar-refractivity contribution in [3.63, 3.8) is 0 Å². The molecule has 3 amide bonds. The molecule has 0 saturated heterocycles. The summed E-state index contributed by atoms with van der Waals surface area (Å²) in [7, 11) is 0. The van der Waals surface area contributed by atoms with Gasteiger partial charge in [0.05, 0.1) is 11.7 Å². The van der Waals surface area contributed by atoms with Crippen LogP contribution in [0, 0.1) is 5.92 Å². The monoisotopic (exact) mass is 625 g/mol. The largest absolute Gasteiger partial charge is 0.458 e. The van der Waals surface area contributed by atoms with Gasteiger partial charge in [-0.2, -0.15) is 0 Å². The van der Waals surface area contributed by atoms with Crippen molar-refractivity contribution >= 4 is 23.9 Å². The molecule has 0 bridgehead atoms. The third-order valence-corrected chi connectivity index (χ3v) is 6.41. The Bertz CT molecular complexity index is 1240. The lowest BCUT2D eigenvalue weighted by atomic mass is 10.0. The van der Waals surface area contributed by atoms with Crippen molar-refractivity contribution < 1.29 is 33.4 Å². The fourth-order valence-electron chi connectivity index (χ4n) is 4.56. The Morgan fingerprint density at radius 3 is 1.76 bits per heavy atom. The van der Waals surface area contributed by atoms with Crippen LogP contribution in [0.1, 0.15) is 79.9 Å². The Balaban J connectivity index is 2.29. The van der Waals surface area contributed by atoms with Crippen LogP contribution >= 0.6 is 0 Å². The van der Waals surface area contributed by atoms with Crippen LogP contribution in [0.4, 0.5) is 4.79 Å². The van der Waals surface area contributed by atoms with Crippen molar-refractivity contribution in [1.29, 1.82) is 0 Å². The van der Waals surface area contributed by atoms with Crippen molar-refractivity contribution in [2.75, 3.05) is 0 Å². The van der Waals surface area contributed by atoms with Gasteiger partial charge in [0.25, 0.3) is 0 Å². The van der Waals surface area contributed by atoms with E-state index in [1.165, 1.54) is 0 Å². The summed E-state index contributed by atoms with van der Waals surface area (Å²) >= 11 is 0. The second kappa shape index (κ2) is 17.0. The van der Waals surface area contributed by atoms with Gasteiger partial charge in [-0.25, -0.2) is 9.59 Å². The molecule has 0 unspecified atom stereocenters. The molecule has 2 aromatic rings. The van der Waals surface area contributed by atoms with Crippen LogP contribution in [0.2, 0.25) is 0 Å². The second-order valence-electron chi connectivity index (χ2n) is 13.6. The molecular weight excluding hydrogens is 574 g/mol. The van der Waals surface area contributed by atoms with Gasteiger partial charge in [0.1, 0.15) is 30.3 Å². The predicted molar refractivity (Wildman–Crippen MR) is 173 cm³/mol. The summed E-state index contributed by atoms with van der Waals surface area (Å²) in [6, 6.07) is 15.2. The fraction of sp³-hybridized carbons (Fsp3) is 0.543. The van der Waals surface area contributed by atoms with Gasteiger partial charge in [-0.15, -0.1) is 0 Å². The number of carbonyl (C=O) groups excluding carboxylic acids is 4. The molecule has 45 heavy (non-hydrogen) atoms. The molecule has 0 heterocycles. The summed E-state index contributed by atoms with van der Waals surface area (Å²) in [6.07, 6.45) is -1.08. The van der Waals surface area contributed by atoms with Crippen LogP contribution in [0.25, 0.3) is 0 Å². The first kappa shape index (κ1) is 37.3. The van der Waals surface area contributed by atoms with Crippen molar-refractivity contribution in [2.24, 2.45) is 5.92 Å². The second-order valence-corrected chi connectivity index (χ2v) is 13.6. The molecule has 0 spiro atoms. The van der Waals surface area contributed by atoms with Gasteiger partial charge in [0.15, 0.2) is 0 Å². The number of ether oxygens (including phenoxy) is 3. The highest BCUT2D eigenvalue weighted by Gasteiger charge is 2.36. The number of hydrogen-bond donors (Lipinski definition) is 3. The molecule has 0 aromatic heterocycles. The van der Waals surface area contributed by atoms with Crippen molar-refractivity contribution in [2.45, 2.75) is 117 Å². The van der Waals surface area contributed by atoms with Crippen molar-refractivity contribution in [3.8, 4) is 0 Å². The number of benzene rings is 2. The summed E-state index contributed by atoms with van der Waals surface area (Å²) in [5.41, 5.74) is 0.201. The standard InChI is InChI=1S/C35H51N3O7/c1-23(2)20-27(37-33(42)43-22-26-18-14-11-15-19-26)30(39)38-29(24(3)44-34(4,5)6)31(40)36-28(32(41)45-35(7,8)9)21-25-16-12-10-13-17-25/h10-19,23-24,27-29H,20-22H2,1-9H3,(H,36,40)(H,37,42)(H,38,39)/t24-,27+,28+,29+/m1/s1. The van der Waals surface area contributed by atoms with Crippen molar-refractivity contribution in [1.82, 2.24) is 16.0 Å². The first-order chi connectivity index (χ1) is 20.9. The summed E-state index contributed by atoms with van der Waals surface area (Å²) in [5, 5.41) is 8.23. The van der Waals surface area contributed by atoms with Gasteiger partial charge < -0.3 is 30.2 Å². The summed E-state index contributed by atoms with van der Waals surface area (Å²) in [4.78, 5) is 53.5. The van der Waals surface area contributed by atoms with Gasteiger partial charge in [-0.1, -0.05) is 74.5 Å². The molecule has 10 heteroatoms. The van der Waals surface area contributed by atoms with Gasteiger partial charge >= 0.3 is 12.1 Å². The van der Waals surface area contributed by atoms with E-state index in [2.05, 4.69) is 16.0 Å². The van der Waals surface area contributed by atoms with Crippen LogP contribution in [0.5, 0.6) is 0 Å². The number of carbonyl (C=O) groups is 4. The Hall–Kier alpha value is -3.92. The zero-order valence-electron chi connectivity index (χ0n) is 28.1. The smallest absolute Gasteiger partial charge is 0.408 e. The highest BCUT2D eigenvalue weighted by atomic mass is 16.6. The normalized spacial score (nSPS) is 14.4. The van der Waals surface area contributed by atoms with Crippen LogP contribution in [-0.2, 0) is 41.6 Å². The zero-order valence-corrected chi connectivity index (χ0v) is 28.1. The lowest BCUT2D eigenvalue weighted by Crippen LogP contribution is -2.60. The zero-order chi connectivity index (χ0) is 33.8. The van der Waals surface area contributed by atoms with E-state index in [0.29, 0.717) is 6.42 Å². The van der Waals surface area contributed by atoms with E-state index in [-0.39, 0.29) is 18.9 Å². The van der Waals surface area contributed by atoms with Crippen LogP contribution in [-0.4, -0.2) is 59.3 Å². The quantitative estimate of drug-likeness (QED) is 0.249. The van der Waals surface area contributed by atoms with Crippen LogP contribution < -0.4 is 16.0 Å². The average Bonchev–Trinajstić information content (AvgIpc) is 2.93. The third kappa shape index (κ3) is 14.6. The number of amides is 3. The van der Waals surface area contributed by atoms with E-state index in [0.717, 1.165) is 11.1 Å². The van der Waals surface area contributed by atoms with E-state index in [9.17, 15) is 19.2 Å². The van der Waals surface area contributed by atoms with Gasteiger partial charge in [0, 0.05) is 6.42 Å². The first-order valence-corrected chi connectivity index (χ1v) is 15.5. The predicted octanol–water partition coefficient (Wildman–Crippen LogP) is 5.09. The molecule has 10 nitrogen and oxygen atoms in total. The van der Waals surface area contributed by atoms with Crippen LogP contribution in [0.15, 0.2) is 60.7 Å². The molecule has 4 atom stereocenters. The number of hydrogen-bond acceptors (Lipinski definition) is 7. The molecule has 2 aromatic carbocycles.